The van der Waals surface area contributed by atoms with Gasteiger partial charge in [-0.05, 0) is 26.5 Å². The number of benzene rings is 1. The van der Waals surface area contributed by atoms with Crippen molar-refractivity contribution in [2.45, 2.75) is 45.4 Å². The Labute approximate surface area is 131 Å². The van der Waals surface area contributed by atoms with Crippen LogP contribution in [0.2, 0.25) is 0 Å². The van der Waals surface area contributed by atoms with Crippen molar-refractivity contribution in [1.82, 2.24) is 4.90 Å². The molecular weight excluding hydrogens is 282 g/mol. The van der Waals surface area contributed by atoms with Crippen molar-refractivity contribution < 1.29 is 19.3 Å². The van der Waals surface area contributed by atoms with Crippen LogP contribution < -0.4 is 9.47 Å². The second kappa shape index (κ2) is 5.03. The third-order valence-electron chi connectivity index (χ3n) is 5.76. The van der Waals surface area contributed by atoms with Gasteiger partial charge in [0.05, 0.1) is 5.60 Å². The molecule has 0 radical (unpaired) electrons. The summed E-state index contributed by atoms with van der Waals surface area (Å²) in [5, 5.41) is 10.2. The molecule has 22 heavy (non-hydrogen) atoms. The molecule has 1 aliphatic heterocycles. The molecule has 1 aliphatic carbocycles. The first-order valence-corrected chi connectivity index (χ1v) is 7.65. The van der Waals surface area contributed by atoms with E-state index in [4.69, 9.17) is 14.2 Å². The Morgan fingerprint density at radius 3 is 2.50 bits per heavy atom. The van der Waals surface area contributed by atoms with Crippen LogP contribution in [-0.4, -0.2) is 42.6 Å². The van der Waals surface area contributed by atoms with E-state index < -0.39 is 0 Å². The minimum atomic E-state index is -0.0944. The van der Waals surface area contributed by atoms with Crippen molar-refractivity contribution in [1.29, 1.82) is 0 Å². The Balaban J connectivity index is 1.75. The van der Waals surface area contributed by atoms with Crippen molar-refractivity contribution in [3.8, 4) is 17.2 Å². The number of nitrogens with zero attached hydrogens (tertiary/aromatic N) is 1. The molecule has 1 aromatic carbocycles. The zero-order valence-electron chi connectivity index (χ0n) is 14.0. The highest BCUT2D eigenvalue weighted by Gasteiger charge is 2.58. The van der Waals surface area contributed by atoms with E-state index in [1.165, 1.54) is 0 Å². The van der Waals surface area contributed by atoms with Gasteiger partial charge in [0, 0.05) is 36.7 Å². The zero-order valence-corrected chi connectivity index (χ0v) is 14.0. The van der Waals surface area contributed by atoms with Crippen LogP contribution in [0, 0.1) is 5.41 Å². The number of hydrogen-bond donors (Lipinski definition) is 1. The Morgan fingerprint density at radius 2 is 1.91 bits per heavy atom. The number of ether oxygens (including phenoxy) is 3. The average Bonchev–Trinajstić information content (AvgIpc) is 2.91. The van der Waals surface area contributed by atoms with Crippen LogP contribution in [0.15, 0.2) is 12.1 Å². The molecule has 1 aromatic rings. The van der Waals surface area contributed by atoms with Gasteiger partial charge in [0.25, 0.3) is 0 Å². The highest BCUT2D eigenvalue weighted by molar-refractivity contribution is 5.51. The molecule has 1 saturated carbocycles. The third-order valence-corrected chi connectivity index (χ3v) is 5.76. The molecule has 0 amide bonds. The Kier molecular flexibility index (Phi) is 3.53. The number of methoxy groups -OCH3 is 1. The van der Waals surface area contributed by atoms with Crippen molar-refractivity contribution >= 4 is 0 Å². The van der Waals surface area contributed by atoms with E-state index in [1.807, 2.05) is 6.07 Å². The predicted molar refractivity (Wildman–Crippen MR) is 83.3 cm³/mol. The summed E-state index contributed by atoms with van der Waals surface area (Å²) < 4.78 is 16.4. The van der Waals surface area contributed by atoms with Crippen molar-refractivity contribution in [3.05, 3.63) is 17.7 Å². The van der Waals surface area contributed by atoms with Gasteiger partial charge in [0.1, 0.15) is 5.75 Å². The molecule has 1 heterocycles. The van der Waals surface area contributed by atoms with Crippen LogP contribution in [0.5, 0.6) is 17.2 Å². The van der Waals surface area contributed by atoms with Gasteiger partial charge < -0.3 is 19.3 Å². The molecule has 122 valence electrons. The Hall–Kier alpha value is -1.46. The largest absolute Gasteiger partial charge is 0.507 e. The van der Waals surface area contributed by atoms with E-state index in [-0.39, 0.29) is 23.6 Å². The predicted octanol–water partition coefficient (Wildman–Crippen LogP) is 2.76. The van der Waals surface area contributed by atoms with Crippen molar-refractivity contribution in [3.63, 3.8) is 0 Å². The van der Waals surface area contributed by atoms with Gasteiger partial charge in [-0.1, -0.05) is 13.8 Å². The summed E-state index contributed by atoms with van der Waals surface area (Å²) in [6.45, 7) is 7.52. The van der Waals surface area contributed by atoms with Gasteiger partial charge >= 0.3 is 0 Å². The minimum Gasteiger partial charge on any atom is -0.507 e. The molecule has 0 spiro atoms. The summed E-state index contributed by atoms with van der Waals surface area (Å²) in [5.41, 5.74) is 0.819. The number of rotatable bonds is 4. The van der Waals surface area contributed by atoms with Gasteiger partial charge in [-0.3, -0.25) is 4.90 Å². The number of fused-ring (bicyclic) bond motifs is 1. The highest BCUT2D eigenvalue weighted by Crippen LogP contribution is 2.54. The fraction of sp³-hybridized carbons (Fsp3) is 0.647. The van der Waals surface area contributed by atoms with Crippen LogP contribution in [0.3, 0.4) is 0 Å². The van der Waals surface area contributed by atoms with Gasteiger partial charge in [-0.2, -0.15) is 0 Å². The fourth-order valence-corrected chi connectivity index (χ4v) is 3.64. The maximum Gasteiger partial charge on any atom is 0.231 e. The lowest BCUT2D eigenvalue weighted by molar-refractivity contribution is -0.207. The van der Waals surface area contributed by atoms with E-state index in [2.05, 4.69) is 32.7 Å². The summed E-state index contributed by atoms with van der Waals surface area (Å²) in [6, 6.07) is 3.91. The topological polar surface area (TPSA) is 51.2 Å². The van der Waals surface area contributed by atoms with Crippen LogP contribution in [0.1, 0.15) is 32.8 Å². The summed E-state index contributed by atoms with van der Waals surface area (Å²) in [5.74, 6) is 1.57. The van der Waals surface area contributed by atoms with E-state index in [1.54, 1.807) is 13.2 Å². The molecule has 0 unspecified atom stereocenters. The second-order valence-corrected chi connectivity index (χ2v) is 7.13. The molecule has 1 N–H and O–H groups in total. The summed E-state index contributed by atoms with van der Waals surface area (Å²) in [7, 11) is 3.87. The Bertz CT molecular complexity index is 586. The minimum absolute atomic E-state index is 0.0580. The van der Waals surface area contributed by atoms with Gasteiger partial charge in [-0.25, -0.2) is 0 Å². The van der Waals surface area contributed by atoms with E-state index in [9.17, 15) is 5.11 Å². The first-order chi connectivity index (χ1) is 10.3. The molecule has 3 rings (SSSR count). The smallest absolute Gasteiger partial charge is 0.231 e. The molecule has 0 saturated heterocycles. The average molecular weight is 307 g/mol. The molecule has 5 heteroatoms. The van der Waals surface area contributed by atoms with Gasteiger partial charge in [0.2, 0.25) is 6.79 Å². The fourth-order valence-electron chi connectivity index (χ4n) is 3.64. The highest BCUT2D eigenvalue weighted by atomic mass is 16.7. The molecule has 0 bridgehead atoms. The molecule has 0 aromatic heterocycles. The maximum atomic E-state index is 10.2. The first-order valence-electron chi connectivity index (χ1n) is 7.65. The summed E-state index contributed by atoms with van der Waals surface area (Å²) in [4.78, 5) is 2.28. The lowest BCUT2D eigenvalue weighted by Gasteiger charge is -2.61. The number of phenolic OH excluding ortho intramolecular Hbond substituents is 1. The Morgan fingerprint density at radius 1 is 1.27 bits per heavy atom. The molecule has 1 fully saturated rings. The molecular formula is C17H25NO4. The SMILES string of the molecule is CO[C@@]1(C)C[C@@H](N(C)Cc2cc3c(cc2O)OCO3)C1(C)C. The summed E-state index contributed by atoms with van der Waals surface area (Å²) >= 11 is 0. The van der Waals surface area contributed by atoms with Crippen LogP contribution in [0.25, 0.3) is 0 Å². The lowest BCUT2D eigenvalue weighted by Crippen LogP contribution is -2.67. The van der Waals surface area contributed by atoms with Gasteiger partial charge in [0.15, 0.2) is 11.5 Å². The number of phenols is 1. The van der Waals surface area contributed by atoms with Crippen LogP contribution in [0.4, 0.5) is 0 Å². The maximum absolute atomic E-state index is 10.2. The molecule has 5 nitrogen and oxygen atoms in total. The van der Waals surface area contributed by atoms with Crippen LogP contribution >= 0.6 is 0 Å². The lowest BCUT2D eigenvalue weighted by atomic mass is 9.55. The first kappa shape index (κ1) is 15.4. The summed E-state index contributed by atoms with van der Waals surface area (Å²) in [6.07, 6.45) is 0.984. The van der Waals surface area contributed by atoms with Gasteiger partial charge in [-0.15, -0.1) is 0 Å². The monoisotopic (exact) mass is 307 g/mol. The third kappa shape index (κ3) is 2.15. The molecule has 2 aliphatic rings. The van der Waals surface area contributed by atoms with Crippen molar-refractivity contribution in [2.75, 3.05) is 21.0 Å². The van der Waals surface area contributed by atoms with Crippen molar-refractivity contribution in [2.24, 2.45) is 5.41 Å². The van der Waals surface area contributed by atoms with E-state index in [0.717, 1.165) is 12.0 Å². The van der Waals surface area contributed by atoms with Crippen LogP contribution in [-0.2, 0) is 11.3 Å². The number of hydrogen-bond acceptors (Lipinski definition) is 5. The number of aromatic hydroxyl groups is 1. The van der Waals surface area contributed by atoms with E-state index >= 15 is 0 Å². The second-order valence-electron chi connectivity index (χ2n) is 7.13. The van der Waals surface area contributed by atoms with E-state index in [0.29, 0.717) is 24.1 Å². The zero-order chi connectivity index (χ0) is 16.1. The molecule has 2 atom stereocenters. The quantitative estimate of drug-likeness (QED) is 0.927. The standard InChI is InChI=1S/C17H25NO4/c1-16(2)15(8-17(16,3)20-5)18(4)9-11-6-13-14(7-12(11)19)22-10-21-13/h6-7,15,19H,8-10H2,1-5H3/t15-,17+/m1/s1. The normalized spacial score (nSPS) is 28.7.